The Balaban J connectivity index is 1.57. The van der Waals surface area contributed by atoms with E-state index in [2.05, 4.69) is 40.1 Å². The van der Waals surface area contributed by atoms with Crippen molar-refractivity contribution in [3.63, 3.8) is 0 Å². The molecule has 1 aliphatic heterocycles. The second kappa shape index (κ2) is 9.32. The van der Waals surface area contributed by atoms with Crippen LogP contribution in [0.15, 0.2) is 40.7 Å². The zero-order valence-electron chi connectivity index (χ0n) is 14.6. The molecule has 2 aromatic rings. The van der Waals surface area contributed by atoms with E-state index in [1.165, 1.54) is 4.88 Å². The minimum Gasteiger partial charge on any atom is -0.490 e. The second-order valence-electron chi connectivity index (χ2n) is 5.78. The number of guanidine groups is 1. The number of hydrogen-bond donors (Lipinski definition) is 2. The Labute approximate surface area is 153 Å². The Morgan fingerprint density at radius 1 is 1.16 bits per heavy atom. The number of nitrogens with zero attached hydrogens (tertiary/aromatic N) is 1. The Morgan fingerprint density at radius 2 is 2.04 bits per heavy atom. The van der Waals surface area contributed by atoms with Crippen molar-refractivity contribution in [2.75, 3.05) is 26.3 Å². The number of nitrogens with one attached hydrogen (secondary N) is 2. The highest BCUT2D eigenvalue weighted by Crippen LogP contribution is 2.30. The van der Waals surface area contributed by atoms with Gasteiger partial charge >= 0.3 is 0 Å². The molecule has 0 unspecified atom stereocenters. The summed E-state index contributed by atoms with van der Waals surface area (Å²) in [5, 5.41) is 8.79. The first-order valence-corrected chi connectivity index (χ1v) is 9.66. The lowest BCUT2D eigenvalue weighted by Gasteiger charge is -2.12. The van der Waals surface area contributed by atoms with Crippen LogP contribution >= 0.6 is 11.3 Å². The highest BCUT2D eigenvalue weighted by atomic mass is 32.1. The Hall–Kier alpha value is -2.21. The highest BCUT2D eigenvalue weighted by molar-refractivity contribution is 7.09. The minimum atomic E-state index is 0.602. The van der Waals surface area contributed by atoms with Crippen LogP contribution in [0.4, 0.5) is 0 Å². The fourth-order valence-electron chi connectivity index (χ4n) is 2.58. The van der Waals surface area contributed by atoms with Crippen LogP contribution in [0.5, 0.6) is 11.5 Å². The highest BCUT2D eigenvalue weighted by Gasteiger charge is 2.10. The molecule has 0 amide bonds. The van der Waals surface area contributed by atoms with E-state index in [4.69, 9.17) is 9.47 Å². The number of thiophene rings is 1. The van der Waals surface area contributed by atoms with E-state index in [9.17, 15) is 0 Å². The average Bonchev–Trinajstić information content (AvgIpc) is 3.03. The van der Waals surface area contributed by atoms with Gasteiger partial charge in [-0.1, -0.05) is 12.1 Å². The normalized spacial score (nSPS) is 14.0. The van der Waals surface area contributed by atoms with E-state index in [-0.39, 0.29) is 0 Å². The lowest BCUT2D eigenvalue weighted by Crippen LogP contribution is -2.38. The maximum Gasteiger partial charge on any atom is 0.191 e. The minimum absolute atomic E-state index is 0.602. The topological polar surface area (TPSA) is 54.9 Å². The van der Waals surface area contributed by atoms with Gasteiger partial charge in [0.15, 0.2) is 17.5 Å². The fraction of sp³-hybridized carbons (Fsp3) is 0.421. The third kappa shape index (κ3) is 5.39. The van der Waals surface area contributed by atoms with Crippen LogP contribution in [-0.2, 0) is 13.0 Å². The smallest absolute Gasteiger partial charge is 0.191 e. The molecule has 2 heterocycles. The SMILES string of the molecule is CCNC(=NCc1ccc2c(c1)OCCCO2)NCCc1cccs1. The summed E-state index contributed by atoms with van der Waals surface area (Å²) in [6.45, 7) is 5.80. The molecule has 0 bridgehead atoms. The van der Waals surface area contributed by atoms with Gasteiger partial charge in [0.2, 0.25) is 0 Å². The van der Waals surface area contributed by atoms with Gasteiger partial charge in [0.05, 0.1) is 19.8 Å². The summed E-state index contributed by atoms with van der Waals surface area (Å²) in [6.07, 6.45) is 1.92. The molecule has 0 atom stereocenters. The Kier molecular flexibility index (Phi) is 6.56. The van der Waals surface area contributed by atoms with Crippen molar-refractivity contribution in [1.29, 1.82) is 0 Å². The third-order valence-corrected chi connectivity index (χ3v) is 4.76. The summed E-state index contributed by atoms with van der Waals surface area (Å²) in [4.78, 5) is 6.06. The van der Waals surface area contributed by atoms with E-state index in [1.807, 2.05) is 18.2 Å². The number of ether oxygens (including phenoxy) is 2. The van der Waals surface area contributed by atoms with Gasteiger partial charge in [-0.15, -0.1) is 11.3 Å². The Morgan fingerprint density at radius 3 is 2.84 bits per heavy atom. The summed E-state index contributed by atoms with van der Waals surface area (Å²) in [5.41, 5.74) is 1.11. The maximum absolute atomic E-state index is 5.75. The van der Waals surface area contributed by atoms with Crippen molar-refractivity contribution < 1.29 is 9.47 Å². The first kappa shape index (κ1) is 17.6. The predicted octanol–water partition coefficient (Wildman–Crippen LogP) is 3.21. The molecule has 1 aromatic carbocycles. The standard InChI is InChI=1S/C19H25N3O2S/c1-2-20-19(21-9-8-16-5-3-12-25-16)22-14-15-6-7-17-18(13-15)24-11-4-10-23-17/h3,5-7,12-13H,2,4,8-11,14H2,1H3,(H2,20,21,22). The molecule has 0 aliphatic carbocycles. The molecule has 5 nitrogen and oxygen atoms in total. The van der Waals surface area contributed by atoms with Crippen molar-refractivity contribution in [3.8, 4) is 11.5 Å². The fourth-order valence-corrected chi connectivity index (χ4v) is 3.29. The molecule has 0 saturated heterocycles. The van der Waals surface area contributed by atoms with Gasteiger partial charge in [-0.05, 0) is 42.5 Å². The van der Waals surface area contributed by atoms with Crippen molar-refractivity contribution in [1.82, 2.24) is 10.6 Å². The lowest BCUT2D eigenvalue weighted by atomic mass is 10.2. The number of aliphatic imine (C=N–C) groups is 1. The molecular formula is C19H25N3O2S. The zero-order valence-corrected chi connectivity index (χ0v) is 15.4. The number of benzene rings is 1. The van der Waals surface area contributed by atoms with Gasteiger partial charge in [0.1, 0.15) is 0 Å². The third-order valence-electron chi connectivity index (χ3n) is 3.82. The van der Waals surface area contributed by atoms with E-state index in [1.54, 1.807) is 11.3 Å². The maximum atomic E-state index is 5.75. The predicted molar refractivity (Wildman–Crippen MR) is 103 cm³/mol. The monoisotopic (exact) mass is 359 g/mol. The number of hydrogen-bond acceptors (Lipinski definition) is 4. The van der Waals surface area contributed by atoms with Gasteiger partial charge in [-0.25, -0.2) is 4.99 Å². The van der Waals surface area contributed by atoms with Crippen molar-refractivity contribution in [2.24, 2.45) is 4.99 Å². The van der Waals surface area contributed by atoms with Crippen LogP contribution in [0.2, 0.25) is 0 Å². The van der Waals surface area contributed by atoms with Crippen LogP contribution in [0.25, 0.3) is 0 Å². The largest absolute Gasteiger partial charge is 0.490 e. The van der Waals surface area contributed by atoms with Crippen LogP contribution in [0.1, 0.15) is 23.8 Å². The van der Waals surface area contributed by atoms with Crippen molar-refractivity contribution >= 4 is 17.3 Å². The quantitative estimate of drug-likeness (QED) is 0.614. The zero-order chi connectivity index (χ0) is 17.3. The molecule has 25 heavy (non-hydrogen) atoms. The molecule has 3 rings (SSSR count). The molecule has 0 fully saturated rings. The summed E-state index contributed by atoms with van der Waals surface area (Å²) in [7, 11) is 0. The van der Waals surface area contributed by atoms with Gasteiger partial charge in [-0.2, -0.15) is 0 Å². The molecule has 0 spiro atoms. The molecule has 6 heteroatoms. The summed E-state index contributed by atoms with van der Waals surface area (Å²) >= 11 is 1.79. The second-order valence-corrected chi connectivity index (χ2v) is 6.82. The Bertz CT molecular complexity index is 686. The molecule has 134 valence electrons. The number of rotatable bonds is 6. The van der Waals surface area contributed by atoms with Crippen LogP contribution in [0, 0.1) is 0 Å². The van der Waals surface area contributed by atoms with E-state index >= 15 is 0 Å². The average molecular weight is 359 g/mol. The molecule has 1 aliphatic rings. The molecular weight excluding hydrogens is 334 g/mol. The first-order valence-electron chi connectivity index (χ1n) is 8.78. The van der Waals surface area contributed by atoms with E-state index < -0.39 is 0 Å². The number of fused-ring (bicyclic) bond motifs is 1. The van der Waals surface area contributed by atoms with Gasteiger partial charge in [0.25, 0.3) is 0 Å². The van der Waals surface area contributed by atoms with Gasteiger partial charge < -0.3 is 20.1 Å². The van der Waals surface area contributed by atoms with Crippen molar-refractivity contribution in [2.45, 2.75) is 26.3 Å². The van der Waals surface area contributed by atoms with E-state index in [0.717, 1.165) is 49.0 Å². The molecule has 0 radical (unpaired) electrons. The molecule has 2 N–H and O–H groups in total. The van der Waals surface area contributed by atoms with Crippen LogP contribution in [-0.4, -0.2) is 32.3 Å². The first-order chi connectivity index (χ1) is 12.3. The van der Waals surface area contributed by atoms with Crippen LogP contribution in [0.3, 0.4) is 0 Å². The molecule has 0 saturated carbocycles. The van der Waals surface area contributed by atoms with Gasteiger partial charge in [-0.3, -0.25) is 0 Å². The van der Waals surface area contributed by atoms with Crippen LogP contribution < -0.4 is 20.1 Å². The lowest BCUT2D eigenvalue weighted by molar-refractivity contribution is 0.297. The van der Waals surface area contributed by atoms with Crippen molar-refractivity contribution in [3.05, 3.63) is 46.2 Å². The molecule has 1 aromatic heterocycles. The van der Waals surface area contributed by atoms with E-state index in [0.29, 0.717) is 19.8 Å². The summed E-state index contributed by atoms with van der Waals surface area (Å²) in [6, 6.07) is 10.3. The summed E-state index contributed by atoms with van der Waals surface area (Å²) in [5.74, 6) is 2.48. The van der Waals surface area contributed by atoms with Gasteiger partial charge in [0, 0.05) is 24.4 Å². The summed E-state index contributed by atoms with van der Waals surface area (Å²) < 4.78 is 11.4.